The molecule has 2 aliphatic rings. The van der Waals surface area contributed by atoms with Crippen LogP contribution in [0.2, 0.25) is 0 Å². The first-order valence-electron chi connectivity index (χ1n) is 10.5. The molecule has 2 aromatic rings. The van der Waals surface area contributed by atoms with Gasteiger partial charge in [-0.2, -0.15) is 11.8 Å². The van der Waals surface area contributed by atoms with E-state index in [4.69, 9.17) is 4.74 Å². The molecule has 13 heteroatoms. The van der Waals surface area contributed by atoms with Crippen molar-refractivity contribution in [2.45, 2.75) is 37.3 Å². The highest BCUT2D eigenvalue weighted by Crippen LogP contribution is 2.36. The van der Waals surface area contributed by atoms with Gasteiger partial charge in [0.05, 0.1) is 23.7 Å². The van der Waals surface area contributed by atoms with Crippen molar-refractivity contribution < 1.29 is 19.9 Å². The minimum absolute atomic E-state index is 0.0377. The third-order valence-corrected chi connectivity index (χ3v) is 6.60. The Morgan fingerprint density at radius 1 is 1.30 bits per heavy atom. The van der Waals surface area contributed by atoms with Crippen LogP contribution in [-0.4, -0.2) is 74.4 Å². The highest BCUT2D eigenvalue weighted by atomic mass is 32.2. The predicted molar refractivity (Wildman–Crippen MR) is 124 cm³/mol. The summed E-state index contributed by atoms with van der Waals surface area (Å²) in [5.74, 6) is 2.07. The smallest absolute Gasteiger partial charge is 0.269 e. The fourth-order valence-corrected chi connectivity index (χ4v) is 4.75. The maximum atomic E-state index is 10.8. The molecule has 1 aromatic heterocycles. The number of aliphatic hydroxyl groups excluding tert-OH is 2. The number of nitrogens with one attached hydrogen (secondary N) is 3. The summed E-state index contributed by atoms with van der Waals surface area (Å²) in [6, 6.07) is 6.30. The lowest BCUT2D eigenvalue weighted by Crippen LogP contribution is -2.33. The van der Waals surface area contributed by atoms with Gasteiger partial charge in [-0.3, -0.25) is 20.0 Å². The van der Waals surface area contributed by atoms with E-state index in [0.29, 0.717) is 23.8 Å². The van der Waals surface area contributed by atoms with Gasteiger partial charge in [-0.1, -0.05) is 12.1 Å². The van der Waals surface area contributed by atoms with Crippen LogP contribution in [-0.2, 0) is 11.3 Å². The summed E-state index contributed by atoms with van der Waals surface area (Å²) in [4.78, 5) is 19.2. The minimum atomic E-state index is -1.09. The predicted octanol–water partition coefficient (Wildman–Crippen LogP) is 0.605. The first-order valence-corrected chi connectivity index (χ1v) is 11.7. The van der Waals surface area contributed by atoms with Gasteiger partial charge < -0.3 is 25.6 Å². The lowest BCUT2D eigenvalue weighted by atomic mass is 10.1. The number of nitro groups is 1. The maximum absolute atomic E-state index is 10.8. The van der Waals surface area contributed by atoms with Gasteiger partial charge in [0.1, 0.15) is 29.9 Å². The number of anilines is 1. The van der Waals surface area contributed by atoms with Crippen LogP contribution in [0.25, 0.3) is 0 Å². The first kappa shape index (κ1) is 23.6. The summed E-state index contributed by atoms with van der Waals surface area (Å²) < 4.78 is 7.67. The number of rotatable bonds is 10. The fraction of sp³-hybridized carbons (Fsp3) is 0.500. The Morgan fingerprint density at radius 3 is 2.82 bits per heavy atom. The molecule has 178 valence electrons. The Morgan fingerprint density at radius 2 is 2.09 bits per heavy atom. The highest BCUT2D eigenvalue weighted by Gasteiger charge is 2.44. The van der Waals surface area contributed by atoms with Gasteiger partial charge in [0.2, 0.25) is 0 Å². The van der Waals surface area contributed by atoms with Gasteiger partial charge in [0.25, 0.3) is 5.69 Å². The zero-order valence-corrected chi connectivity index (χ0v) is 18.8. The molecule has 1 aromatic carbocycles. The van der Waals surface area contributed by atoms with E-state index in [-0.39, 0.29) is 5.69 Å². The molecular formula is C20H27N7O5S. The summed E-state index contributed by atoms with van der Waals surface area (Å²) >= 11 is 1.65. The van der Waals surface area contributed by atoms with E-state index >= 15 is 0 Å². The molecule has 4 rings (SSSR count). The summed E-state index contributed by atoms with van der Waals surface area (Å²) in [5, 5.41) is 41.3. The summed E-state index contributed by atoms with van der Waals surface area (Å²) in [5.41, 5.74) is 1.53. The average molecular weight is 478 g/mol. The monoisotopic (exact) mass is 477 g/mol. The molecule has 0 bridgehead atoms. The molecule has 1 fully saturated rings. The molecule has 0 saturated carbocycles. The second-order valence-electron chi connectivity index (χ2n) is 7.74. The van der Waals surface area contributed by atoms with Crippen LogP contribution in [0, 0.1) is 10.1 Å². The Labute approximate surface area is 194 Å². The Hall–Kier alpha value is -2.55. The van der Waals surface area contributed by atoms with Crippen LogP contribution in [0.1, 0.15) is 23.7 Å². The van der Waals surface area contributed by atoms with E-state index < -0.39 is 35.6 Å². The molecule has 5 unspecified atom stereocenters. The number of nitro benzene ring substituents is 1. The molecule has 33 heavy (non-hydrogen) atoms. The van der Waals surface area contributed by atoms with Crippen molar-refractivity contribution in [1.29, 1.82) is 0 Å². The largest absolute Gasteiger partial charge is 0.387 e. The number of thioether (sulfide) groups is 1. The van der Waals surface area contributed by atoms with E-state index in [0.717, 1.165) is 17.9 Å². The molecule has 3 heterocycles. The number of nitrogens with zero attached hydrogens (tertiary/aromatic N) is 4. The van der Waals surface area contributed by atoms with Crippen LogP contribution >= 0.6 is 11.8 Å². The standard InChI is InChI=1S/C20H27N7O5S/c1-21-6-7-33-9-14-16(28)17(29)20(32-14)26-11-25-15-18(23-10-24-19(15)26)22-8-12-2-4-13(5-3-12)27(30)31/h2-5,10-11,14,16-18,20-22,28-29H,6-9H2,1H3,(H,23,24). The number of fused-ring (bicyclic) bond motifs is 1. The molecule has 0 amide bonds. The van der Waals surface area contributed by atoms with Crippen molar-refractivity contribution in [2.24, 2.45) is 4.99 Å². The maximum Gasteiger partial charge on any atom is 0.269 e. The van der Waals surface area contributed by atoms with Crippen molar-refractivity contribution in [3.8, 4) is 0 Å². The number of aromatic nitrogens is 2. The van der Waals surface area contributed by atoms with E-state index in [1.807, 2.05) is 7.05 Å². The SMILES string of the molecule is CNCCSCC1OC(n2cnc3c2NC=NC3NCc2ccc([N+](=O)[O-])cc2)C(O)C1O. The highest BCUT2D eigenvalue weighted by molar-refractivity contribution is 7.99. The van der Waals surface area contributed by atoms with Crippen LogP contribution in [0.3, 0.4) is 0 Å². The molecular weight excluding hydrogens is 450 g/mol. The van der Waals surface area contributed by atoms with Gasteiger partial charge in [-0.15, -0.1) is 0 Å². The van der Waals surface area contributed by atoms with Gasteiger partial charge in [-0.25, -0.2) is 9.98 Å². The molecule has 0 spiro atoms. The van der Waals surface area contributed by atoms with Crippen LogP contribution in [0.4, 0.5) is 11.5 Å². The number of aliphatic hydroxyl groups is 2. The Kier molecular flexibility index (Phi) is 7.57. The first-order chi connectivity index (χ1) is 16.0. The number of benzene rings is 1. The zero-order chi connectivity index (χ0) is 23.4. The van der Waals surface area contributed by atoms with Crippen LogP contribution < -0.4 is 16.0 Å². The second-order valence-corrected chi connectivity index (χ2v) is 8.89. The molecule has 5 N–H and O–H groups in total. The lowest BCUT2D eigenvalue weighted by molar-refractivity contribution is -0.384. The van der Waals surface area contributed by atoms with E-state index in [1.165, 1.54) is 18.5 Å². The van der Waals surface area contributed by atoms with Crippen molar-refractivity contribution in [2.75, 3.05) is 30.4 Å². The van der Waals surface area contributed by atoms with Crippen LogP contribution in [0.15, 0.2) is 35.6 Å². The third-order valence-electron chi connectivity index (χ3n) is 5.54. The number of imidazole rings is 1. The topological polar surface area (TPSA) is 159 Å². The lowest BCUT2D eigenvalue weighted by Gasteiger charge is -2.23. The van der Waals surface area contributed by atoms with Crippen molar-refractivity contribution >= 4 is 29.6 Å². The zero-order valence-electron chi connectivity index (χ0n) is 18.0. The van der Waals surface area contributed by atoms with Gasteiger partial charge >= 0.3 is 0 Å². The van der Waals surface area contributed by atoms with Crippen molar-refractivity contribution in [1.82, 2.24) is 20.2 Å². The molecule has 0 radical (unpaired) electrons. The molecule has 2 aliphatic heterocycles. The molecule has 1 saturated heterocycles. The average Bonchev–Trinajstić information content (AvgIpc) is 3.37. The Bertz CT molecular complexity index is 986. The quantitative estimate of drug-likeness (QED) is 0.186. The Balaban J connectivity index is 1.41. The summed E-state index contributed by atoms with van der Waals surface area (Å²) in [6.07, 6.45) is -0.706. The van der Waals surface area contributed by atoms with E-state index in [9.17, 15) is 20.3 Å². The van der Waals surface area contributed by atoms with Gasteiger partial charge in [0.15, 0.2) is 6.23 Å². The number of ether oxygens (including phenoxy) is 1. The molecule has 0 aliphatic carbocycles. The number of aliphatic imine (C=N–C) groups is 1. The third kappa shape index (κ3) is 5.18. The fourth-order valence-electron chi connectivity index (χ4n) is 3.73. The normalized spacial score (nSPS) is 26.2. The van der Waals surface area contributed by atoms with Crippen molar-refractivity contribution in [3.05, 3.63) is 52.0 Å². The number of non-ortho nitro benzene ring substituents is 1. The van der Waals surface area contributed by atoms with Crippen LogP contribution in [0.5, 0.6) is 0 Å². The van der Waals surface area contributed by atoms with E-state index in [1.54, 1.807) is 34.8 Å². The van der Waals surface area contributed by atoms with Crippen molar-refractivity contribution in [3.63, 3.8) is 0 Å². The number of hydrogen-bond donors (Lipinski definition) is 5. The summed E-state index contributed by atoms with van der Waals surface area (Å²) in [6.45, 7) is 1.28. The van der Waals surface area contributed by atoms with E-state index in [2.05, 4.69) is 25.9 Å². The van der Waals surface area contributed by atoms with Gasteiger partial charge in [0, 0.05) is 36.7 Å². The summed E-state index contributed by atoms with van der Waals surface area (Å²) in [7, 11) is 1.88. The molecule has 5 atom stereocenters. The molecule has 12 nitrogen and oxygen atoms in total. The van der Waals surface area contributed by atoms with Gasteiger partial charge in [-0.05, 0) is 12.6 Å². The number of hydrogen-bond acceptors (Lipinski definition) is 11. The minimum Gasteiger partial charge on any atom is -0.387 e. The second kappa shape index (κ2) is 10.6.